The van der Waals surface area contributed by atoms with E-state index in [1.165, 1.54) is 13.2 Å². The van der Waals surface area contributed by atoms with Gasteiger partial charge in [0.1, 0.15) is 26.6 Å². The Hall–Kier alpha value is -1.65. The topological polar surface area (TPSA) is 111 Å². The molecular weight excluding hydrogens is 440 g/mol. The van der Waals surface area contributed by atoms with Crippen LogP contribution in [-0.2, 0) is 24.8 Å². The lowest BCUT2D eigenvalue weighted by molar-refractivity contribution is 0.0559. The van der Waals surface area contributed by atoms with Gasteiger partial charge in [0.2, 0.25) is 0 Å². The predicted octanol–water partition coefficient (Wildman–Crippen LogP) is 3.29. The van der Waals surface area contributed by atoms with Crippen molar-refractivity contribution in [1.29, 1.82) is 0 Å². The first kappa shape index (κ1) is 22.0. The van der Waals surface area contributed by atoms with Gasteiger partial charge in [0, 0.05) is 0 Å². The van der Waals surface area contributed by atoms with Gasteiger partial charge in [-0.2, -0.15) is 0 Å². The summed E-state index contributed by atoms with van der Waals surface area (Å²) in [6.45, 7) is 6.75. The molecule has 1 amide bonds. The molecule has 1 atom stereocenters. The number of alkyl carbamates (subject to hydrolysis) is 1. The number of halogens is 1. The zero-order valence-corrected chi connectivity index (χ0v) is 19.2. The summed E-state index contributed by atoms with van der Waals surface area (Å²) < 4.78 is 35.1. The Morgan fingerprint density at radius 2 is 1.93 bits per heavy atom. The Morgan fingerprint density at radius 1 is 1.31 bits per heavy atom. The molecule has 1 aliphatic heterocycles. The lowest BCUT2D eigenvalue weighted by atomic mass is 10.0. The fraction of sp³-hybridized carbons (Fsp3) is 0.611. The summed E-state index contributed by atoms with van der Waals surface area (Å²) >= 11 is 7.34. The standard InChI is InChI=1S/C18H23ClN2O6S2/c1-16(2,3)27-15(23)20-14-18(6-7-18)29(24,25)9-17(4,21-14)12-10(19)8-11(28-12)13(22)26-5/h8H,6-7,9H2,1-5H3,(H,20,21,23)/t17-/m0/s1. The number of nitrogens with one attached hydrogen (secondary N) is 1. The van der Waals surface area contributed by atoms with Crippen molar-refractivity contribution in [3.8, 4) is 0 Å². The molecule has 1 aromatic heterocycles. The molecule has 11 heteroatoms. The second-order valence-electron chi connectivity index (χ2n) is 8.39. The number of carbonyl (C=O) groups is 2. The molecule has 2 heterocycles. The largest absolute Gasteiger partial charge is 0.465 e. The zero-order valence-electron chi connectivity index (χ0n) is 16.8. The molecule has 0 saturated heterocycles. The molecule has 1 aliphatic carbocycles. The minimum absolute atomic E-state index is 0.0598. The third-order valence-electron chi connectivity index (χ3n) is 4.74. The molecule has 8 nitrogen and oxygen atoms in total. The van der Waals surface area contributed by atoms with Gasteiger partial charge in [-0.3, -0.25) is 10.3 Å². The average molecular weight is 463 g/mol. The van der Waals surface area contributed by atoms with Gasteiger partial charge in [0.25, 0.3) is 0 Å². The smallest absolute Gasteiger partial charge is 0.413 e. The van der Waals surface area contributed by atoms with E-state index in [0.717, 1.165) is 11.3 Å². The van der Waals surface area contributed by atoms with Crippen LogP contribution in [0.4, 0.5) is 4.79 Å². The third-order valence-corrected chi connectivity index (χ3v) is 9.26. The number of nitrogens with zero attached hydrogens (tertiary/aromatic N) is 1. The summed E-state index contributed by atoms with van der Waals surface area (Å²) in [6, 6.07) is 1.43. The van der Waals surface area contributed by atoms with Crippen LogP contribution in [-0.4, -0.2) is 49.5 Å². The highest BCUT2D eigenvalue weighted by Gasteiger charge is 2.64. The monoisotopic (exact) mass is 462 g/mol. The second kappa shape index (κ2) is 6.95. The van der Waals surface area contributed by atoms with Crippen LogP contribution in [0.15, 0.2) is 11.1 Å². The highest BCUT2D eigenvalue weighted by molar-refractivity contribution is 7.94. The second-order valence-corrected chi connectivity index (χ2v) is 12.2. The van der Waals surface area contributed by atoms with Crippen LogP contribution in [0.1, 0.15) is 55.1 Å². The van der Waals surface area contributed by atoms with E-state index < -0.39 is 37.8 Å². The molecule has 1 N–H and O–H groups in total. The van der Waals surface area contributed by atoms with Crippen molar-refractivity contribution in [2.75, 3.05) is 12.9 Å². The van der Waals surface area contributed by atoms with Gasteiger partial charge in [-0.05, 0) is 46.6 Å². The molecule has 1 saturated carbocycles. The number of ether oxygens (including phenoxy) is 2. The van der Waals surface area contributed by atoms with Crippen molar-refractivity contribution in [3.63, 3.8) is 0 Å². The number of esters is 1. The van der Waals surface area contributed by atoms with Crippen LogP contribution in [0.3, 0.4) is 0 Å². The lowest BCUT2D eigenvalue weighted by Crippen LogP contribution is -2.53. The summed E-state index contributed by atoms with van der Waals surface area (Å²) in [5.41, 5.74) is -2.00. The molecule has 3 rings (SSSR count). The van der Waals surface area contributed by atoms with Crippen LogP contribution in [0.5, 0.6) is 0 Å². The Morgan fingerprint density at radius 3 is 2.45 bits per heavy atom. The number of hydrogen-bond donors (Lipinski definition) is 1. The van der Waals surface area contributed by atoms with E-state index in [1.807, 2.05) is 0 Å². The summed E-state index contributed by atoms with van der Waals surface area (Å²) in [4.78, 5) is 29.4. The van der Waals surface area contributed by atoms with Gasteiger partial charge in [-0.1, -0.05) is 11.6 Å². The molecule has 1 aromatic rings. The van der Waals surface area contributed by atoms with Gasteiger partial charge in [0.15, 0.2) is 9.84 Å². The van der Waals surface area contributed by atoms with Crippen molar-refractivity contribution in [2.45, 2.75) is 56.4 Å². The van der Waals surface area contributed by atoms with Gasteiger partial charge >= 0.3 is 12.1 Å². The third kappa shape index (κ3) is 4.02. The maximum Gasteiger partial charge on any atom is 0.413 e. The summed E-state index contributed by atoms with van der Waals surface area (Å²) in [5.74, 6) is -0.787. The number of thiophene rings is 1. The molecule has 0 unspecified atom stereocenters. The highest BCUT2D eigenvalue weighted by Crippen LogP contribution is 2.52. The Kier molecular flexibility index (Phi) is 5.29. The zero-order chi connectivity index (χ0) is 21.8. The van der Waals surface area contributed by atoms with E-state index >= 15 is 0 Å². The maximum atomic E-state index is 13.1. The van der Waals surface area contributed by atoms with Gasteiger partial charge in [-0.25, -0.2) is 18.0 Å². The molecule has 0 radical (unpaired) electrons. The predicted molar refractivity (Wildman–Crippen MR) is 111 cm³/mol. The summed E-state index contributed by atoms with van der Waals surface area (Å²) in [6.07, 6.45) is -0.00781. The van der Waals surface area contributed by atoms with Crippen LogP contribution in [0, 0.1) is 0 Å². The fourth-order valence-corrected chi connectivity index (χ4v) is 7.28. The van der Waals surface area contributed by atoms with E-state index in [4.69, 9.17) is 21.1 Å². The van der Waals surface area contributed by atoms with Crippen LogP contribution in [0.2, 0.25) is 5.02 Å². The van der Waals surface area contributed by atoms with Crippen molar-refractivity contribution in [3.05, 3.63) is 20.8 Å². The Labute approximate surface area is 178 Å². The number of carbonyl (C=O) groups excluding carboxylic acids is 2. The minimum atomic E-state index is -3.65. The van der Waals surface area contributed by atoms with E-state index in [1.54, 1.807) is 27.7 Å². The Balaban J connectivity index is 2.04. The van der Waals surface area contributed by atoms with Crippen LogP contribution < -0.4 is 5.32 Å². The summed E-state index contributed by atoms with van der Waals surface area (Å²) in [5, 5.41) is 2.77. The number of rotatable bonds is 2. The van der Waals surface area contributed by atoms with Gasteiger partial charge in [-0.15, -0.1) is 11.3 Å². The Bertz CT molecular complexity index is 1000. The van der Waals surface area contributed by atoms with Gasteiger partial charge < -0.3 is 9.47 Å². The normalized spacial score (nSPS) is 24.6. The molecular formula is C18H23ClN2O6S2. The molecule has 0 aromatic carbocycles. The van der Waals surface area contributed by atoms with E-state index in [2.05, 4.69) is 10.3 Å². The lowest BCUT2D eigenvalue weighted by Gasteiger charge is -2.35. The first-order valence-corrected chi connectivity index (χ1v) is 11.8. The van der Waals surface area contributed by atoms with E-state index in [0.29, 0.717) is 17.7 Å². The number of sulfone groups is 1. The molecule has 1 fully saturated rings. The number of amides is 1. The first-order valence-electron chi connectivity index (χ1n) is 8.94. The first-order chi connectivity index (χ1) is 13.2. The average Bonchev–Trinajstić information content (AvgIpc) is 3.27. The number of amidine groups is 1. The van der Waals surface area contributed by atoms with Gasteiger partial charge in [0.05, 0.1) is 22.8 Å². The molecule has 29 heavy (non-hydrogen) atoms. The minimum Gasteiger partial charge on any atom is -0.465 e. The fourth-order valence-electron chi connectivity index (χ4n) is 3.29. The van der Waals surface area contributed by atoms with Crippen molar-refractivity contribution >= 4 is 50.7 Å². The van der Waals surface area contributed by atoms with Crippen LogP contribution in [0.25, 0.3) is 0 Å². The number of methoxy groups -OCH3 is 1. The van der Waals surface area contributed by atoms with Crippen molar-refractivity contribution < 1.29 is 27.5 Å². The van der Waals surface area contributed by atoms with E-state index in [9.17, 15) is 18.0 Å². The summed E-state index contributed by atoms with van der Waals surface area (Å²) in [7, 11) is -2.40. The van der Waals surface area contributed by atoms with Crippen molar-refractivity contribution in [2.24, 2.45) is 4.99 Å². The maximum absolute atomic E-state index is 13.1. The number of aliphatic imine (C=N–C) groups is 1. The van der Waals surface area contributed by atoms with Crippen molar-refractivity contribution in [1.82, 2.24) is 5.32 Å². The molecule has 160 valence electrons. The molecule has 2 aliphatic rings. The number of hydrogen-bond acceptors (Lipinski definition) is 8. The van der Waals surface area contributed by atoms with E-state index in [-0.39, 0.29) is 21.5 Å². The van der Waals surface area contributed by atoms with Crippen LogP contribution >= 0.6 is 22.9 Å². The highest BCUT2D eigenvalue weighted by atomic mass is 35.5. The quantitative estimate of drug-likeness (QED) is 0.675. The molecule has 1 spiro atoms. The molecule has 0 bridgehead atoms. The SMILES string of the molecule is COC(=O)c1cc(Cl)c([C@]2(C)CS(=O)(=O)C3(CC3)C(NC(=O)OC(C)(C)C)=N2)s1.